The van der Waals surface area contributed by atoms with Crippen molar-refractivity contribution in [2.24, 2.45) is 0 Å². The first kappa shape index (κ1) is 31.5. The molecule has 3 unspecified atom stereocenters. The van der Waals surface area contributed by atoms with E-state index in [1.807, 2.05) is 4.90 Å². The summed E-state index contributed by atoms with van der Waals surface area (Å²) in [6, 6.07) is 3.88. The van der Waals surface area contributed by atoms with Gasteiger partial charge in [-0.25, -0.2) is 18.0 Å². The minimum atomic E-state index is -0.956. The lowest BCUT2D eigenvalue weighted by molar-refractivity contribution is -0.125. The molecule has 5 heterocycles. The van der Waals surface area contributed by atoms with Crippen LogP contribution >= 0.6 is 22.9 Å². The molecule has 2 N–H and O–H groups in total. The van der Waals surface area contributed by atoms with E-state index in [1.165, 1.54) is 18.2 Å². The van der Waals surface area contributed by atoms with Gasteiger partial charge in [-0.1, -0.05) is 24.2 Å². The van der Waals surface area contributed by atoms with Crippen LogP contribution in [0.2, 0.25) is 5.02 Å². The molecule has 14 heteroatoms. The minimum Gasteiger partial charge on any atom is -0.461 e. The average molecular weight is 682 g/mol. The molecule has 3 saturated heterocycles. The molecule has 3 atom stereocenters. The fourth-order valence-electron chi connectivity index (χ4n) is 7.44. The Labute approximate surface area is 278 Å². The molecule has 3 aliphatic rings. The van der Waals surface area contributed by atoms with Crippen LogP contribution in [0.1, 0.15) is 25.7 Å². The lowest BCUT2D eigenvalue weighted by Crippen LogP contribution is -2.43. The van der Waals surface area contributed by atoms with Crippen LogP contribution in [0, 0.1) is 18.2 Å². The van der Waals surface area contributed by atoms with E-state index in [4.69, 9.17) is 33.6 Å². The second-order valence-corrected chi connectivity index (χ2v) is 13.9. The van der Waals surface area contributed by atoms with Crippen molar-refractivity contribution in [2.75, 3.05) is 50.5 Å². The maximum Gasteiger partial charge on any atom is 0.319 e. The Kier molecular flexibility index (Phi) is 7.93. The summed E-state index contributed by atoms with van der Waals surface area (Å²) in [5, 5.41) is 0.596. The number of fused-ring (bicyclic) bond motifs is 3. The number of alkyl halides is 1. The van der Waals surface area contributed by atoms with E-state index in [1.54, 1.807) is 18.0 Å². The Morgan fingerprint density at radius 3 is 2.91 bits per heavy atom. The van der Waals surface area contributed by atoms with Gasteiger partial charge in [0, 0.05) is 55.5 Å². The molecule has 0 bridgehead atoms. The van der Waals surface area contributed by atoms with Gasteiger partial charge in [0.15, 0.2) is 5.82 Å². The number of nitrogens with zero attached hydrogens (tertiary/aromatic N) is 6. The van der Waals surface area contributed by atoms with Gasteiger partial charge in [0.25, 0.3) is 0 Å². The predicted molar refractivity (Wildman–Crippen MR) is 178 cm³/mol. The number of hydrogen-bond donors (Lipinski definition) is 1. The maximum absolute atomic E-state index is 16.9. The molecular formula is C33H31ClF3N7O2S. The van der Waals surface area contributed by atoms with E-state index in [0.717, 1.165) is 30.7 Å². The van der Waals surface area contributed by atoms with Crippen LogP contribution in [0.4, 0.5) is 29.7 Å². The number of aromatic nitrogens is 2. The summed E-state index contributed by atoms with van der Waals surface area (Å²) in [5.41, 5.74) is 5.64. The number of rotatable bonds is 7. The second kappa shape index (κ2) is 11.8. The van der Waals surface area contributed by atoms with E-state index < -0.39 is 23.3 Å². The third-order valence-electron chi connectivity index (χ3n) is 9.78. The highest BCUT2D eigenvalue weighted by molar-refractivity contribution is 7.23. The van der Waals surface area contributed by atoms with Crippen molar-refractivity contribution in [3.8, 4) is 17.1 Å². The molecule has 0 saturated carbocycles. The van der Waals surface area contributed by atoms with Crippen LogP contribution < -0.4 is 15.4 Å². The third kappa shape index (κ3) is 5.14. The number of carbonyl (C=O) groups is 1. The molecule has 9 nitrogen and oxygen atoms in total. The van der Waals surface area contributed by atoms with Crippen molar-refractivity contribution in [3.63, 3.8) is 0 Å². The Hall–Kier alpha value is -4.12. The van der Waals surface area contributed by atoms with Crippen molar-refractivity contribution in [2.45, 2.75) is 43.4 Å². The summed E-state index contributed by atoms with van der Waals surface area (Å²) in [6.07, 6.45) is 2.98. The number of hydrogen-bond acceptors (Lipinski definition) is 8. The lowest BCUT2D eigenvalue weighted by atomic mass is 9.95. The zero-order valence-corrected chi connectivity index (χ0v) is 27.1. The van der Waals surface area contributed by atoms with E-state index in [-0.39, 0.29) is 67.0 Å². The number of anilines is 2. The molecule has 2 aromatic carbocycles. The molecule has 2 aromatic heterocycles. The molecule has 4 aromatic rings. The number of nitrogens with two attached hydrogens (primary N) is 1. The van der Waals surface area contributed by atoms with Crippen LogP contribution in [-0.4, -0.2) is 83.3 Å². The predicted octanol–water partition coefficient (Wildman–Crippen LogP) is 6.75. The molecule has 0 spiro atoms. The minimum absolute atomic E-state index is 0.00541. The summed E-state index contributed by atoms with van der Waals surface area (Å²) >= 11 is 7.73. The number of benzene rings is 2. The van der Waals surface area contributed by atoms with Gasteiger partial charge >= 0.3 is 6.01 Å². The van der Waals surface area contributed by atoms with Gasteiger partial charge in [-0.2, -0.15) is 9.97 Å². The molecule has 0 aliphatic carbocycles. The van der Waals surface area contributed by atoms with Crippen LogP contribution in [0.25, 0.3) is 37.0 Å². The van der Waals surface area contributed by atoms with Gasteiger partial charge in [0.1, 0.15) is 29.9 Å². The molecule has 1 amide bonds. The molecule has 0 radical (unpaired) electrons. The fraction of sp³-hybridized carbons (Fsp3) is 0.394. The fourth-order valence-corrected chi connectivity index (χ4v) is 8.67. The third-order valence-corrected chi connectivity index (χ3v) is 11.1. The SMILES string of the molecule is [C-]#[N+]c1c(N)sc2c(F)ccc(-c3c(Cl)cc4c(N(C)C5CCN(C(=O)C=C)C5)nc(OCC56CCCN5CC(F)C6)nc4c3F)c12. The standard InChI is InChI=1S/C33H31ClF3N7O2S/c1-4-23(45)43-11-8-18(15-43)42(3)31-20-12-21(34)24(19-6-7-22(36)29-25(19)28(39-2)30(38)47-29)26(37)27(20)40-32(41-31)46-16-33-9-5-10-44(33)14-17(35)13-33/h4,6-7,12,17-18H,1,5,8-11,13-16,38H2,3H3. The average Bonchev–Trinajstić information content (AvgIpc) is 3.82. The monoisotopic (exact) mass is 681 g/mol. The summed E-state index contributed by atoms with van der Waals surface area (Å²) in [4.78, 5) is 30.7. The Morgan fingerprint density at radius 1 is 1.34 bits per heavy atom. The molecule has 3 aliphatic heterocycles. The Balaban J connectivity index is 1.37. The van der Waals surface area contributed by atoms with E-state index in [0.29, 0.717) is 43.7 Å². The number of halogens is 4. The first-order valence-electron chi connectivity index (χ1n) is 15.3. The van der Waals surface area contributed by atoms with Gasteiger partial charge in [-0.15, -0.1) is 11.3 Å². The Bertz CT molecular complexity index is 2000. The number of nitrogen functional groups attached to an aromatic ring is 1. The summed E-state index contributed by atoms with van der Waals surface area (Å²) in [6.45, 7) is 13.4. The largest absolute Gasteiger partial charge is 0.461 e. The number of carbonyl (C=O) groups excluding carboxylic acids is 1. The van der Waals surface area contributed by atoms with Crippen LogP contribution in [0.15, 0.2) is 30.9 Å². The molecular weight excluding hydrogens is 651 g/mol. The number of likely N-dealkylation sites (N-methyl/N-ethyl adjacent to an activating group) is 1. The summed E-state index contributed by atoms with van der Waals surface area (Å²) < 4.78 is 52.6. The van der Waals surface area contributed by atoms with Crippen LogP contribution in [0.5, 0.6) is 6.01 Å². The molecule has 3 fully saturated rings. The number of ether oxygens (including phenoxy) is 1. The highest BCUT2D eigenvalue weighted by Crippen LogP contribution is 2.49. The van der Waals surface area contributed by atoms with Crippen molar-refractivity contribution in [1.29, 1.82) is 0 Å². The quantitative estimate of drug-likeness (QED) is 0.170. The molecule has 7 rings (SSSR count). The van der Waals surface area contributed by atoms with Gasteiger partial charge in [0.2, 0.25) is 11.6 Å². The summed E-state index contributed by atoms with van der Waals surface area (Å²) in [7, 11) is 1.81. The molecule has 47 heavy (non-hydrogen) atoms. The first-order chi connectivity index (χ1) is 22.5. The number of amides is 1. The highest BCUT2D eigenvalue weighted by Gasteiger charge is 2.49. The molecule has 244 valence electrons. The van der Waals surface area contributed by atoms with Crippen molar-refractivity contribution >= 4 is 66.3 Å². The van der Waals surface area contributed by atoms with Crippen LogP contribution in [-0.2, 0) is 4.79 Å². The lowest BCUT2D eigenvalue weighted by Gasteiger charge is -2.31. The zero-order chi connectivity index (χ0) is 33.2. The second-order valence-electron chi connectivity index (χ2n) is 12.4. The smallest absolute Gasteiger partial charge is 0.319 e. The zero-order valence-electron chi connectivity index (χ0n) is 25.5. The van der Waals surface area contributed by atoms with Gasteiger partial charge in [-0.3, -0.25) is 9.69 Å². The highest BCUT2D eigenvalue weighted by atomic mass is 35.5. The van der Waals surface area contributed by atoms with Gasteiger partial charge < -0.3 is 20.3 Å². The summed E-state index contributed by atoms with van der Waals surface area (Å²) in [5.74, 6) is -1.23. The normalized spacial score (nSPS) is 22.6. The number of likely N-dealkylation sites (tertiary alicyclic amines) is 1. The maximum atomic E-state index is 16.9. The Morgan fingerprint density at radius 2 is 2.15 bits per heavy atom. The van der Waals surface area contributed by atoms with Crippen LogP contribution in [0.3, 0.4) is 0 Å². The van der Waals surface area contributed by atoms with Crippen molar-refractivity contribution in [3.05, 3.63) is 58.9 Å². The number of thiophene rings is 1. The first-order valence-corrected chi connectivity index (χ1v) is 16.5. The van der Waals surface area contributed by atoms with Gasteiger partial charge in [0.05, 0.1) is 26.8 Å². The van der Waals surface area contributed by atoms with E-state index in [9.17, 15) is 13.6 Å². The van der Waals surface area contributed by atoms with Crippen molar-refractivity contribution in [1.82, 2.24) is 19.8 Å². The van der Waals surface area contributed by atoms with Gasteiger partial charge in [-0.05, 0) is 49.6 Å². The van der Waals surface area contributed by atoms with Crippen molar-refractivity contribution < 1.29 is 22.7 Å². The van der Waals surface area contributed by atoms with E-state index in [2.05, 4.69) is 21.3 Å². The topological polar surface area (TPSA) is 92.2 Å². The van der Waals surface area contributed by atoms with E-state index >= 15 is 4.39 Å².